The maximum atomic E-state index is 12.6. The molecule has 0 amide bonds. The van der Waals surface area contributed by atoms with E-state index >= 15 is 0 Å². The summed E-state index contributed by atoms with van der Waals surface area (Å²) in [6.45, 7) is 0. The summed E-state index contributed by atoms with van der Waals surface area (Å²) in [7, 11) is 0. The van der Waals surface area contributed by atoms with Crippen LogP contribution in [0.5, 0.6) is 0 Å². The Morgan fingerprint density at radius 2 is 0.931 bits per heavy atom. The summed E-state index contributed by atoms with van der Waals surface area (Å²) in [5, 5.41) is 0. The van der Waals surface area contributed by atoms with Gasteiger partial charge in [-0.1, -0.05) is 0 Å². The van der Waals surface area contributed by atoms with Crippen LogP contribution in [-0.2, 0) is 17.1 Å². The summed E-state index contributed by atoms with van der Waals surface area (Å²) < 4.78 is 90.2. The summed E-state index contributed by atoms with van der Waals surface area (Å²) in [5.74, 6) is -5.09. The molecule has 0 aliphatic carbocycles. The Kier molecular flexibility index (Phi) is 8.10. The Morgan fingerprint density at radius 1 is 0.621 bits per heavy atom. The van der Waals surface area contributed by atoms with Crippen LogP contribution in [0.2, 0.25) is 0 Å². The normalized spacial score (nSPS) is 12.8. The summed E-state index contributed by atoms with van der Waals surface area (Å²) in [4.78, 5) is 22.6. The molecule has 29 heavy (non-hydrogen) atoms. The molecule has 2 aromatic rings. The number of alkyl halides is 6. The summed E-state index contributed by atoms with van der Waals surface area (Å²) in [6.07, 6.45) is -10.7. The van der Waals surface area contributed by atoms with Gasteiger partial charge in [-0.2, -0.15) is 0 Å². The number of benzene rings is 2. The van der Waals surface area contributed by atoms with E-state index in [0.717, 1.165) is 0 Å². The van der Waals surface area contributed by atoms with E-state index in [1.165, 1.54) is 60.7 Å². The van der Waals surface area contributed by atoms with E-state index in [-0.39, 0.29) is 7.14 Å². The Morgan fingerprint density at radius 3 is 1.21 bits per heavy atom. The van der Waals surface area contributed by atoms with Crippen molar-refractivity contribution in [2.75, 3.05) is 0 Å². The van der Waals surface area contributed by atoms with Crippen LogP contribution < -0.4 is 0 Å². The van der Waals surface area contributed by atoms with Crippen molar-refractivity contribution >= 4 is 53.2 Å². The predicted molar refractivity (Wildman–Crippen MR) is 104 cm³/mol. The van der Waals surface area contributed by atoms with Gasteiger partial charge in [-0.25, -0.2) is 0 Å². The second-order valence-corrected chi connectivity index (χ2v) is 13.2. The van der Waals surface area contributed by atoms with Crippen molar-refractivity contribution < 1.29 is 43.5 Å². The molecular formula is C16H10F6I2O5. The van der Waals surface area contributed by atoms with Crippen molar-refractivity contribution in [3.63, 3.8) is 0 Å². The average molecular weight is 650 g/mol. The molecule has 0 bridgehead atoms. The third-order valence-electron chi connectivity index (χ3n) is 2.67. The van der Waals surface area contributed by atoms with Crippen LogP contribution in [0.25, 0.3) is 0 Å². The van der Waals surface area contributed by atoms with E-state index in [0.29, 0.717) is 0 Å². The van der Waals surface area contributed by atoms with Gasteiger partial charge in [0.1, 0.15) is 0 Å². The van der Waals surface area contributed by atoms with Crippen LogP contribution in [0.15, 0.2) is 60.7 Å². The van der Waals surface area contributed by atoms with E-state index in [2.05, 4.69) is 6.13 Å². The van der Waals surface area contributed by atoms with E-state index in [1.54, 1.807) is 0 Å². The fourth-order valence-electron chi connectivity index (χ4n) is 1.48. The Balaban J connectivity index is 2.36. The molecule has 0 aromatic heterocycles. The van der Waals surface area contributed by atoms with Gasteiger partial charge in [-0.15, -0.1) is 0 Å². The van der Waals surface area contributed by atoms with Crippen molar-refractivity contribution in [3.05, 3.63) is 67.8 Å². The van der Waals surface area contributed by atoms with Crippen LogP contribution >= 0.6 is 41.3 Å². The summed E-state index contributed by atoms with van der Waals surface area (Å²) in [6, 6.07) is 14.0. The van der Waals surface area contributed by atoms with Crippen molar-refractivity contribution in [1.29, 1.82) is 0 Å². The fourth-order valence-corrected chi connectivity index (χ4v) is 11.3. The molecule has 0 radical (unpaired) electrons. The molecule has 2 aromatic carbocycles. The minimum atomic E-state index is -5.33. The van der Waals surface area contributed by atoms with Gasteiger partial charge < -0.3 is 0 Å². The third-order valence-corrected chi connectivity index (χ3v) is 12.4. The number of rotatable bonds is 6. The molecule has 0 atom stereocenters. The molecule has 0 saturated heterocycles. The third kappa shape index (κ3) is 7.29. The molecule has 5 nitrogen and oxygen atoms in total. The Labute approximate surface area is 176 Å². The second kappa shape index (κ2) is 9.92. The second-order valence-electron chi connectivity index (χ2n) is 4.81. The summed E-state index contributed by atoms with van der Waals surface area (Å²) in [5.41, 5.74) is 0. The molecule has 0 aliphatic rings. The van der Waals surface area contributed by atoms with E-state index in [1.807, 2.05) is 0 Å². The Bertz CT molecular complexity index is 760. The van der Waals surface area contributed by atoms with Crippen LogP contribution in [-0.4, -0.2) is 24.3 Å². The zero-order valence-corrected chi connectivity index (χ0v) is 18.2. The summed E-state index contributed by atoms with van der Waals surface area (Å²) >= 11 is -7.90. The van der Waals surface area contributed by atoms with Crippen molar-refractivity contribution in [2.45, 2.75) is 12.4 Å². The quantitative estimate of drug-likeness (QED) is 0.300. The predicted octanol–water partition coefficient (Wildman–Crippen LogP) is 5.63. The van der Waals surface area contributed by atoms with Crippen LogP contribution in [0.4, 0.5) is 26.3 Å². The van der Waals surface area contributed by atoms with Crippen LogP contribution in [0, 0.1) is 7.14 Å². The van der Waals surface area contributed by atoms with Crippen molar-refractivity contribution in [2.24, 2.45) is 0 Å². The fraction of sp³-hybridized carbons (Fsp3) is 0.125. The molecule has 0 saturated carbocycles. The number of carbonyl (C=O) groups is 2. The molecule has 2 rings (SSSR count). The first kappa shape index (κ1) is 23.7. The van der Waals surface area contributed by atoms with Gasteiger partial charge in [0.25, 0.3) is 0 Å². The number of carbonyl (C=O) groups excluding carboxylic acids is 2. The van der Waals surface area contributed by atoms with Gasteiger partial charge >= 0.3 is 177 Å². The van der Waals surface area contributed by atoms with Crippen LogP contribution in [0.3, 0.4) is 0 Å². The standard InChI is InChI=1S/C16H10F6I2O5/c17-15(18,19)13(25)27-23(11-7-3-1-4-8-11)29-24(12-9-5-2-6-10-12)28-14(26)16(20,21)22/h1-10H. The molecule has 0 fully saturated rings. The van der Waals surface area contributed by atoms with Gasteiger partial charge in [0.15, 0.2) is 0 Å². The first-order chi connectivity index (χ1) is 13.5. The number of hydrogen-bond donors (Lipinski definition) is 0. The van der Waals surface area contributed by atoms with E-state index in [9.17, 15) is 35.9 Å². The first-order valence-corrected chi connectivity index (χ1v) is 12.9. The van der Waals surface area contributed by atoms with Gasteiger partial charge in [-0.05, 0) is 0 Å². The monoisotopic (exact) mass is 650 g/mol. The topological polar surface area (TPSA) is 61.8 Å². The minimum absolute atomic E-state index is 0.0654. The molecule has 160 valence electrons. The zero-order chi connectivity index (χ0) is 21.7. The first-order valence-electron chi connectivity index (χ1n) is 7.27. The molecular weight excluding hydrogens is 640 g/mol. The number of halogens is 8. The Hall–Kier alpha value is -1.62. The number of hydrogen-bond acceptors (Lipinski definition) is 5. The maximum absolute atomic E-state index is 12.6. The van der Waals surface area contributed by atoms with Gasteiger partial charge in [0, 0.05) is 0 Å². The van der Waals surface area contributed by atoms with Gasteiger partial charge in [-0.3, -0.25) is 0 Å². The zero-order valence-electron chi connectivity index (χ0n) is 13.8. The van der Waals surface area contributed by atoms with Gasteiger partial charge in [0.05, 0.1) is 0 Å². The van der Waals surface area contributed by atoms with Crippen molar-refractivity contribution in [3.8, 4) is 0 Å². The SMILES string of the molecule is O=C(OI(OI(OC(=O)C(F)(F)F)c1ccccc1)c1ccccc1)C(F)(F)F. The van der Waals surface area contributed by atoms with Gasteiger partial charge in [0.2, 0.25) is 0 Å². The van der Waals surface area contributed by atoms with Crippen molar-refractivity contribution in [1.82, 2.24) is 0 Å². The molecule has 0 unspecified atom stereocenters. The molecule has 0 spiro atoms. The molecule has 0 N–H and O–H groups in total. The van der Waals surface area contributed by atoms with E-state index in [4.69, 9.17) is 1.40 Å². The van der Waals surface area contributed by atoms with E-state index < -0.39 is 65.6 Å². The van der Waals surface area contributed by atoms with Crippen LogP contribution in [0.1, 0.15) is 0 Å². The molecule has 0 heterocycles. The molecule has 0 aliphatic heterocycles. The average Bonchev–Trinajstić information content (AvgIpc) is 2.66. The molecule has 13 heteroatoms.